The van der Waals surface area contributed by atoms with Crippen LogP contribution < -0.4 is 0 Å². The Morgan fingerprint density at radius 1 is 1.16 bits per heavy atom. The Kier molecular flexibility index (Phi) is 2.49. The average Bonchev–Trinajstić information content (AvgIpc) is 2.96. The summed E-state index contributed by atoms with van der Waals surface area (Å²) < 4.78 is 0. The summed E-state index contributed by atoms with van der Waals surface area (Å²) in [7, 11) is 0. The molecule has 100 valence electrons. The molecule has 0 amide bonds. The fraction of sp³-hybridized carbons (Fsp3) is 0.467. The summed E-state index contributed by atoms with van der Waals surface area (Å²) in [5, 5.41) is 15.8. The van der Waals surface area contributed by atoms with Crippen LogP contribution >= 0.6 is 22.7 Å². The molecule has 0 aromatic carbocycles. The van der Waals surface area contributed by atoms with Crippen molar-refractivity contribution in [2.24, 2.45) is 5.92 Å². The van der Waals surface area contributed by atoms with E-state index in [0.717, 1.165) is 24.2 Å². The Hall–Kier alpha value is -0.680. The molecule has 19 heavy (non-hydrogen) atoms. The van der Waals surface area contributed by atoms with E-state index in [9.17, 15) is 5.11 Å². The highest BCUT2D eigenvalue weighted by molar-refractivity contribution is 7.10. The molecule has 0 fully saturated rings. The maximum absolute atomic E-state index is 11.6. The molecule has 4 heterocycles. The summed E-state index contributed by atoms with van der Waals surface area (Å²) in [6.45, 7) is 6.40. The Morgan fingerprint density at radius 2 is 1.68 bits per heavy atom. The van der Waals surface area contributed by atoms with Crippen LogP contribution in [0.5, 0.6) is 0 Å². The topological polar surface area (TPSA) is 23.5 Å². The van der Waals surface area contributed by atoms with Crippen molar-refractivity contribution in [3.63, 3.8) is 0 Å². The van der Waals surface area contributed by atoms with Gasteiger partial charge in [0.1, 0.15) is 5.60 Å². The predicted molar refractivity (Wildman–Crippen MR) is 79.5 cm³/mol. The standard InChI is InChI=1S/C15H17NOS2/c1-9(2)14-15(17)10-3-5-18-12(10)7-16(14)8-13-11(15)4-6-19-13/h3-6,9,14,17H,7-8H2,1-2H3/t14-/m1/s1. The molecule has 4 heteroatoms. The number of aliphatic hydroxyl groups is 1. The van der Waals surface area contributed by atoms with Crippen molar-refractivity contribution in [2.75, 3.05) is 0 Å². The molecule has 2 bridgehead atoms. The van der Waals surface area contributed by atoms with Crippen molar-refractivity contribution in [3.05, 3.63) is 43.8 Å². The Bertz CT molecular complexity index is 583. The molecule has 0 radical (unpaired) electrons. The third kappa shape index (κ3) is 1.43. The van der Waals surface area contributed by atoms with E-state index in [1.807, 2.05) is 0 Å². The highest BCUT2D eigenvalue weighted by Gasteiger charge is 2.53. The molecule has 0 saturated heterocycles. The highest BCUT2D eigenvalue weighted by atomic mass is 32.1. The smallest absolute Gasteiger partial charge is 0.133 e. The quantitative estimate of drug-likeness (QED) is 0.870. The zero-order valence-corrected chi connectivity index (χ0v) is 12.7. The van der Waals surface area contributed by atoms with Crippen LogP contribution in [0.2, 0.25) is 0 Å². The summed E-state index contributed by atoms with van der Waals surface area (Å²) in [4.78, 5) is 5.12. The zero-order chi connectivity index (χ0) is 13.2. The molecule has 0 saturated carbocycles. The first-order chi connectivity index (χ1) is 9.12. The molecule has 1 atom stereocenters. The van der Waals surface area contributed by atoms with E-state index in [1.54, 1.807) is 22.7 Å². The van der Waals surface area contributed by atoms with Crippen LogP contribution in [0.4, 0.5) is 0 Å². The third-order valence-corrected chi connectivity index (χ3v) is 6.27. The molecular weight excluding hydrogens is 274 g/mol. The molecule has 0 spiro atoms. The number of hydrogen-bond donors (Lipinski definition) is 1. The second-order valence-electron chi connectivity index (χ2n) is 5.88. The number of rotatable bonds is 1. The number of fused-ring (bicyclic) bond motifs is 6. The van der Waals surface area contributed by atoms with Gasteiger partial charge in [0.2, 0.25) is 0 Å². The van der Waals surface area contributed by atoms with Gasteiger partial charge in [-0.1, -0.05) is 13.8 Å². The molecule has 0 unspecified atom stereocenters. The monoisotopic (exact) mass is 291 g/mol. The minimum absolute atomic E-state index is 0.191. The van der Waals surface area contributed by atoms with Crippen molar-refractivity contribution in [2.45, 2.75) is 38.6 Å². The maximum Gasteiger partial charge on any atom is 0.133 e. The lowest BCUT2D eigenvalue weighted by molar-refractivity contribution is -0.0729. The molecule has 2 aliphatic heterocycles. The summed E-state index contributed by atoms with van der Waals surface area (Å²) in [6.07, 6.45) is 0. The maximum atomic E-state index is 11.6. The van der Waals surface area contributed by atoms with Gasteiger partial charge < -0.3 is 5.11 Å². The van der Waals surface area contributed by atoms with Crippen molar-refractivity contribution < 1.29 is 5.11 Å². The first kappa shape index (κ1) is 12.1. The van der Waals surface area contributed by atoms with E-state index >= 15 is 0 Å². The van der Waals surface area contributed by atoms with E-state index in [1.165, 1.54) is 9.75 Å². The van der Waals surface area contributed by atoms with Crippen LogP contribution in [0.15, 0.2) is 22.9 Å². The highest BCUT2D eigenvalue weighted by Crippen LogP contribution is 2.51. The van der Waals surface area contributed by atoms with Crippen molar-refractivity contribution in [3.8, 4) is 0 Å². The van der Waals surface area contributed by atoms with Gasteiger partial charge in [-0.05, 0) is 28.8 Å². The van der Waals surface area contributed by atoms with Crippen LogP contribution in [0.25, 0.3) is 0 Å². The summed E-state index contributed by atoms with van der Waals surface area (Å²) in [6, 6.07) is 4.44. The van der Waals surface area contributed by atoms with Crippen molar-refractivity contribution in [1.29, 1.82) is 0 Å². The summed E-state index contributed by atoms with van der Waals surface area (Å²) >= 11 is 3.55. The summed E-state index contributed by atoms with van der Waals surface area (Å²) in [5.74, 6) is 0.436. The number of thiophene rings is 2. The van der Waals surface area contributed by atoms with Crippen molar-refractivity contribution in [1.82, 2.24) is 4.90 Å². The molecule has 1 N–H and O–H groups in total. The van der Waals surface area contributed by atoms with Crippen LogP contribution in [0, 0.1) is 5.92 Å². The fourth-order valence-corrected chi connectivity index (χ4v) is 5.78. The normalized spacial score (nSPS) is 32.2. The van der Waals surface area contributed by atoms with Crippen molar-refractivity contribution >= 4 is 22.7 Å². The van der Waals surface area contributed by atoms with Crippen LogP contribution in [0.1, 0.15) is 34.7 Å². The molecular formula is C15H17NOS2. The lowest BCUT2D eigenvalue weighted by Crippen LogP contribution is -2.59. The lowest BCUT2D eigenvalue weighted by atomic mass is 9.71. The van der Waals surface area contributed by atoms with Gasteiger partial charge in [-0.15, -0.1) is 22.7 Å². The second-order valence-corrected chi connectivity index (χ2v) is 7.88. The second kappa shape index (κ2) is 3.92. The predicted octanol–water partition coefficient (Wildman–Crippen LogP) is 3.40. The van der Waals surface area contributed by atoms with Gasteiger partial charge >= 0.3 is 0 Å². The first-order valence-corrected chi connectivity index (χ1v) is 8.48. The van der Waals surface area contributed by atoms with Gasteiger partial charge in [0.15, 0.2) is 0 Å². The van der Waals surface area contributed by atoms with Crippen LogP contribution in [-0.2, 0) is 18.7 Å². The van der Waals surface area contributed by atoms with Crippen LogP contribution in [-0.4, -0.2) is 16.0 Å². The molecule has 2 aromatic rings. The van der Waals surface area contributed by atoms with E-state index in [4.69, 9.17) is 0 Å². The van der Waals surface area contributed by atoms with E-state index < -0.39 is 5.60 Å². The SMILES string of the molecule is CC(C)[C@H]1N2Cc3sccc3C1(O)c1ccsc1C2. The van der Waals surface area contributed by atoms with Gasteiger partial charge in [-0.25, -0.2) is 0 Å². The van der Waals surface area contributed by atoms with Gasteiger partial charge in [-0.2, -0.15) is 0 Å². The number of nitrogens with zero attached hydrogens (tertiary/aromatic N) is 1. The van der Waals surface area contributed by atoms with Crippen LogP contribution in [0.3, 0.4) is 0 Å². The van der Waals surface area contributed by atoms with Gasteiger partial charge in [0.05, 0.1) is 0 Å². The van der Waals surface area contributed by atoms with Gasteiger partial charge in [0.25, 0.3) is 0 Å². The van der Waals surface area contributed by atoms with E-state index in [-0.39, 0.29) is 6.04 Å². The molecule has 2 aromatic heterocycles. The van der Waals surface area contributed by atoms with E-state index in [2.05, 4.69) is 41.6 Å². The third-order valence-electron chi connectivity index (χ3n) is 4.46. The first-order valence-electron chi connectivity index (χ1n) is 6.72. The molecule has 2 nitrogen and oxygen atoms in total. The molecule has 2 aliphatic rings. The number of hydrogen-bond acceptors (Lipinski definition) is 4. The van der Waals surface area contributed by atoms with Gasteiger partial charge in [-0.3, -0.25) is 4.90 Å². The fourth-order valence-electron chi connectivity index (χ4n) is 3.86. The minimum Gasteiger partial charge on any atom is -0.379 e. The lowest BCUT2D eigenvalue weighted by Gasteiger charge is -2.52. The average molecular weight is 291 g/mol. The summed E-state index contributed by atoms with van der Waals surface area (Å²) in [5.41, 5.74) is 1.48. The minimum atomic E-state index is -0.810. The molecule has 0 aliphatic carbocycles. The largest absolute Gasteiger partial charge is 0.379 e. The molecule has 4 rings (SSSR count). The van der Waals surface area contributed by atoms with E-state index in [0.29, 0.717) is 5.92 Å². The Balaban J connectivity index is 2.02. The van der Waals surface area contributed by atoms with Gasteiger partial charge in [0, 0.05) is 40.0 Å². The Morgan fingerprint density at radius 3 is 2.16 bits per heavy atom. The Labute approximate surface area is 121 Å². The zero-order valence-electron chi connectivity index (χ0n) is 11.1.